The zero-order valence-corrected chi connectivity index (χ0v) is 12.4. The molecule has 0 radical (unpaired) electrons. The zero-order chi connectivity index (χ0) is 16.5. The number of benzene rings is 1. The van der Waals surface area contributed by atoms with Crippen molar-refractivity contribution in [3.05, 3.63) is 29.8 Å². The summed E-state index contributed by atoms with van der Waals surface area (Å²) in [5, 5.41) is 0. The van der Waals surface area contributed by atoms with Crippen LogP contribution in [0.4, 0.5) is 18.9 Å². The molecule has 7 heteroatoms. The second-order valence-corrected chi connectivity index (χ2v) is 5.52. The van der Waals surface area contributed by atoms with Crippen molar-refractivity contribution < 1.29 is 22.8 Å². The van der Waals surface area contributed by atoms with E-state index in [9.17, 15) is 22.8 Å². The van der Waals surface area contributed by atoms with Crippen LogP contribution in [0.5, 0.6) is 0 Å². The Morgan fingerprint density at radius 2 is 1.91 bits per heavy atom. The van der Waals surface area contributed by atoms with Gasteiger partial charge in [0.15, 0.2) is 0 Å². The van der Waals surface area contributed by atoms with Gasteiger partial charge in [0.05, 0.1) is 5.92 Å². The van der Waals surface area contributed by atoms with Crippen LogP contribution in [0.25, 0.3) is 0 Å². The molecule has 1 aromatic carbocycles. The molecule has 120 valence electrons. The van der Waals surface area contributed by atoms with Gasteiger partial charge in [0.1, 0.15) is 6.54 Å². The Morgan fingerprint density at radius 1 is 1.32 bits per heavy atom. The second kappa shape index (κ2) is 5.98. The molecule has 0 aliphatic carbocycles. The second-order valence-electron chi connectivity index (χ2n) is 5.52. The van der Waals surface area contributed by atoms with Crippen LogP contribution in [-0.4, -0.2) is 43.0 Å². The van der Waals surface area contributed by atoms with Crippen molar-refractivity contribution in [1.82, 2.24) is 4.90 Å². The molecular weight excluding hydrogens is 297 g/mol. The van der Waals surface area contributed by atoms with E-state index >= 15 is 0 Å². The summed E-state index contributed by atoms with van der Waals surface area (Å²) in [6, 6.07) is 7.21. The van der Waals surface area contributed by atoms with Crippen molar-refractivity contribution in [2.75, 3.05) is 25.0 Å². The fraction of sp³-hybridized carbons (Fsp3) is 0.467. The molecule has 1 saturated heterocycles. The van der Waals surface area contributed by atoms with Crippen LogP contribution >= 0.6 is 0 Å². The SMILES string of the molecule is Cc1ccc(N(C)C(=O)[C@@H]2CC(=O)N(CC(F)(F)F)C2)cc1. The average Bonchev–Trinajstić information content (AvgIpc) is 2.77. The van der Waals surface area contributed by atoms with Crippen molar-refractivity contribution in [1.29, 1.82) is 0 Å². The van der Waals surface area contributed by atoms with E-state index in [1.807, 2.05) is 19.1 Å². The van der Waals surface area contributed by atoms with Crippen LogP contribution < -0.4 is 4.90 Å². The minimum atomic E-state index is -4.45. The predicted molar refractivity (Wildman–Crippen MR) is 75.3 cm³/mol. The predicted octanol–water partition coefficient (Wildman–Crippen LogP) is 2.37. The number of rotatable bonds is 3. The van der Waals surface area contributed by atoms with E-state index in [0.29, 0.717) is 10.6 Å². The molecule has 1 aliphatic rings. The quantitative estimate of drug-likeness (QED) is 0.859. The van der Waals surface area contributed by atoms with Crippen LogP contribution in [0.3, 0.4) is 0 Å². The number of alkyl halides is 3. The minimum Gasteiger partial charge on any atom is -0.333 e. The lowest BCUT2D eigenvalue weighted by atomic mass is 10.1. The number of likely N-dealkylation sites (tertiary alicyclic amines) is 1. The molecular formula is C15H17F3N2O2. The summed E-state index contributed by atoms with van der Waals surface area (Å²) in [6.07, 6.45) is -4.62. The molecule has 1 aromatic rings. The van der Waals surface area contributed by atoms with E-state index in [2.05, 4.69) is 0 Å². The van der Waals surface area contributed by atoms with Crippen molar-refractivity contribution in [3.8, 4) is 0 Å². The molecule has 0 spiro atoms. The van der Waals surface area contributed by atoms with Gasteiger partial charge in [0, 0.05) is 25.7 Å². The van der Waals surface area contributed by atoms with Crippen LogP contribution in [0.2, 0.25) is 0 Å². The van der Waals surface area contributed by atoms with Gasteiger partial charge in [0.25, 0.3) is 0 Å². The summed E-state index contributed by atoms with van der Waals surface area (Å²) in [5.74, 6) is -1.71. The molecule has 1 fully saturated rings. The number of amides is 2. The summed E-state index contributed by atoms with van der Waals surface area (Å²) >= 11 is 0. The van der Waals surface area contributed by atoms with Gasteiger partial charge in [-0.2, -0.15) is 13.2 Å². The van der Waals surface area contributed by atoms with E-state index in [0.717, 1.165) is 5.56 Å². The van der Waals surface area contributed by atoms with Gasteiger partial charge in [-0.25, -0.2) is 0 Å². The highest BCUT2D eigenvalue weighted by molar-refractivity contribution is 5.98. The van der Waals surface area contributed by atoms with E-state index in [1.54, 1.807) is 19.2 Å². The highest BCUT2D eigenvalue weighted by Crippen LogP contribution is 2.26. The Hall–Kier alpha value is -2.05. The number of aryl methyl sites for hydroxylation is 1. The highest BCUT2D eigenvalue weighted by Gasteiger charge is 2.41. The third-order valence-corrected chi connectivity index (χ3v) is 3.69. The summed E-state index contributed by atoms with van der Waals surface area (Å²) < 4.78 is 37.1. The number of anilines is 1. The number of hydrogen-bond donors (Lipinski definition) is 0. The minimum absolute atomic E-state index is 0.175. The summed E-state index contributed by atoms with van der Waals surface area (Å²) in [4.78, 5) is 26.1. The topological polar surface area (TPSA) is 40.6 Å². The molecule has 1 atom stereocenters. The number of halogens is 3. The first-order valence-electron chi connectivity index (χ1n) is 6.86. The van der Waals surface area contributed by atoms with Gasteiger partial charge >= 0.3 is 6.18 Å². The number of carbonyl (C=O) groups excluding carboxylic acids is 2. The largest absolute Gasteiger partial charge is 0.406 e. The normalized spacial score (nSPS) is 18.7. The Bertz CT molecular complexity index is 569. The van der Waals surface area contributed by atoms with Crippen molar-refractivity contribution in [3.63, 3.8) is 0 Å². The third-order valence-electron chi connectivity index (χ3n) is 3.69. The third kappa shape index (κ3) is 3.78. The van der Waals surface area contributed by atoms with Crippen molar-refractivity contribution in [2.45, 2.75) is 19.5 Å². The fourth-order valence-corrected chi connectivity index (χ4v) is 2.48. The molecule has 4 nitrogen and oxygen atoms in total. The number of hydrogen-bond acceptors (Lipinski definition) is 2. The lowest BCUT2D eigenvalue weighted by Crippen LogP contribution is -2.37. The molecule has 2 rings (SSSR count). The van der Waals surface area contributed by atoms with Gasteiger partial charge in [-0.05, 0) is 19.1 Å². The van der Waals surface area contributed by atoms with Crippen LogP contribution in [-0.2, 0) is 9.59 Å². The molecule has 0 unspecified atom stereocenters. The first-order valence-corrected chi connectivity index (χ1v) is 6.86. The lowest BCUT2D eigenvalue weighted by molar-refractivity contribution is -0.157. The van der Waals surface area contributed by atoms with E-state index in [1.165, 1.54) is 4.90 Å². The molecule has 0 bridgehead atoms. The summed E-state index contributed by atoms with van der Waals surface area (Å²) in [6.45, 7) is 0.424. The molecule has 0 aromatic heterocycles. The van der Waals surface area contributed by atoms with Gasteiger partial charge in [0.2, 0.25) is 11.8 Å². The maximum Gasteiger partial charge on any atom is 0.406 e. The smallest absolute Gasteiger partial charge is 0.333 e. The Labute approximate surface area is 126 Å². The van der Waals surface area contributed by atoms with Gasteiger partial charge in [-0.15, -0.1) is 0 Å². The maximum atomic E-state index is 12.4. The Morgan fingerprint density at radius 3 is 2.45 bits per heavy atom. The Kier molecular flexibility index (Phi) is 4.44. The number of carbonyl (C=O) groups is 2. The summed E-state index contributed by atoms with van der Waals surface area (Å²) in [5.41, 5.74) is 1.69. The standard InChI is InChI=1S/C15H17F3N2O2/c1-10-3-5-12(6-4-10)19(2)14(22)11-7-13(21)20(8-11)9-15(16,17)18/h3-6,11H,7-9H2,1-2H3/t11-/m1/s1. The van der Waals surface area contributed by atoms with E-state index in [-0.39, 0.29) is 18.9 Å². The van der Waals surface area contributed by atoms with Gasteiger partial charge in [-0.1, -0.05) is 17.7 Å². The molecule has 1 aliphatic heterocycles. The highest BCUT2D eigenvalue weighted by atomic mass is 19.4. The van der Waals surface area contributed by atoms with E-state index < -0.39 is 24.5 Å². The first-order chi connectivity index (χ1) is 10.2. The molecule has 2 amide bonds. The molecule has 0 saturated carbocycles. The Balaban J connectivity index is 2.04. The van der Waals surface area contributed by atoms with Crippen LogP contribution in [0.15, 0.2) is 24.3 Å². The van der Waals surface area contributed by atoms with Gasteiger partial charge in [-0.3, -0.25) is 9.59 Å². The van der Waals surface area contributed by atoms with Gasteiger partial charge < -0.3 is 9.80 Å². The lowest BCUT2D eigenvalue weighted by Gasteiger charge is -2.22. The summed E-state index contributed by atoms with van der Waals surface area (Å²) in [7, 11) is 1.56. The zero-order valence-electron chi connectivity index (χ0n) is 12.4. The molecule has 1 heterocycles. The maximum absolute atomic E-state index is 12.4. The first kappa shape index (κ1) is 16.3. The average molecular weight is 314 g/mol. The molecule has 0 N–H and O–H groups in total. The number of nitrogens with zero attached hydrogens (tertiary/aromatic N) is 2. The van der Waals surface area contributed by atoms with Crippen LogP contribution in [0.1, 0.15) is 12.0 Å². The van der Waals surface area contributed by atoms with Crippen LogP contribution in [0, 0.1) is 12.8 Å². The monoisotopic (exact) mass is 314 g/mol. The molecule has 22 heavy (non-hydrogen) atoms. The van der Waals surface area contributed by atoms with E-state index in [4.69, 9.17) is 0 Å². The fourth-order valence-electron chi connectivity index (χ4n) is 2.48. The van der Waals surface area contributed by atoms with Crippen molar-refractivity contribution in [2.24, 2.45) is 5.92 Å². The van der Waals surface area contributed by atoms with Crippen molar-refractivity contribution >= 4 is 17.5 Å².